The fourth-order valence-corrected chi connectivity index (χ4v) is 5.06. The molecule has 150 valence electrons. The Morgan fingerprint density at radius 2 is 1.74 bits per heavy atom. The number of morpholine rings is 1. The van der Waals surface area contributed by atoms with Crippen LogP contribution in [0.25, 0.3) is 0 Å². The molecule has 1 aromatic carbocycles. The number of amides is 1. The highest BCUT2D eigenvalue weighted by Crippen LogP contribution is 2.34. The first-order chi connectivity index (χ1) is 13.0. The van der Waals surface area contributed by atoms with Crippen molar-refractivity contribution in [3.63, 3.8) is 0 Å². The first-order valence-corrected chi connectivity index (χ1v) is 11.6. The van der Waals surface area contributed by atoms with Gasteiger partial charge in [-0.2, -0.15) is 0 Å². The molecule has 1 N–H and O–H groups in total. The lowest BCUT2D eigenvalue weighted by molar-refractivity contribution is -0.0361. The van der Waals surface area contributed by atoms with Gasteiger partial charge in [-0.05, 0) is 37.1 Å². The molecule has 2 aliphatic rings. The third-order valence-corrected chi connectivity index (χ3v) is 7.65. The lowest BCUT2D eigenvalue weighted by Crippen LogP contribution is -2.59. The van der Waals surface area contributed by atoms with E-state index < -0.39 is 9.84 Å². The number of carbonyl (C=O) groups is 1. The summed E-state index contributed by atoms with van der Waals surface area (Å²) in [5.41, 5.74) is 0.515. The Morgan fingerprint density at radius 1 is 1.11 bits per heavy atom. The maximum Gasteiger partial charge on any atom is 0.251 e. The standard InChI is InChI=1S/C20H30N2O4S/c1-2-27(24,25)18-8-6-17(7-9-18)19(23)21-16-20(10-4-3-5-11-20)22-12-14-26-15-13-22/h6-9H,2-5,10-16H2,1H3,(H,21,23). The van der Waals surface area contributed by atoms with Crippen molar-refractivity contribution >= 4 is 15.7 Å². The van der Waals surface area contributed by atoms with Gasteiger partial charge in [0.05, 0.1) is 23.9 Å². The minimum atomic E-state index is -3.24. The van der Waals surface area contributed by atoms with E-state index in [1.807, 2.05) is 0 Å². The highest BCUT2D eigenvalue weighted by molar-refractivity contribution is 7.91. The van der Waals surface area contributed by atoms with E-state index >= 15 is 0 Å². The zero-order valence-corrected chi connectivity index (χ0v) is 16.9. The van der Waals surface area contributed by atoms with E-state index in [2.05, 4.69) is 10.2 Å². The molecular formula is C20H30N2O4S. The molecule has 1 heterocycles. The average molecular weight is 395 g/mol. The summed E-state index contributed by atoms with van der Waals surface area (Å²) in [6, 6.07) is 6.23. The van der Waals surface area contributed by atoms with Gasteiger partial charge < -0.3 is 10.1 Å². The summed E-state index contributed by atoms with van der Waals surface area (Å²) in [4.78, 5) is 15.4. The predicted octanol–water partition coefficient (Wildman–Crippen LogP) is 2.25. The zero-order chi connectivity index (χ0) is 19.3. The Labute approximate surface area is 162 Å². The van der Waals surface area contributed by atoms with Gasteiger partial charge in [-0.15, -0.1) is 0 Å². The maximum atomic E-state index is 12.6. The second kappa shape index (κ2) is 8.71. The van der Waals surface area contributed by atoms with Crippen LogP contribution in [0, 0.1) is 0 Å². The number of sulfone groups is 1. The van der Waals surface area contributed by atoms with Crippen LogP contribution in [0.1, 0.15) is 49.4 Å². The third kappa shape index (κ3) is 4.70. The van der Waals surface area contributed by atoms with Gasteiger partial charge in [-0.25, -0.2) is 8.42 Å². The topological polar surface area (TPSA) is 75.7 Å². The molecule has 2 fully saturated rings. The van der Waals surface area contributed by atoms with Crippen molar-refractivity contribution in [2.75, 3.05) is 38.6 Å². The Hall–Kier alpha value is -1.44. The van der Waals surface area contributed by atoms with Crippen LogP contribution in [0.2, 0.25) is 0 Å². The lowest BCUT2D eigenvalue weighted by atomic mass is 9.79. The minimum absolute atomic E-state index is 0.0170. The van der Waals surface area contributed by atoms with Gasteiger partial charge in [0.2, 0.25) is 0 Å². The Balaban J connectivity index is 1.67. The number of benzene rings is 1. The van der Waals surface area contributed by atoms with Gasteiger partial charge in [-0.3, -0.25) is 9.69 Å². The van der Waals surface area contributed by atoms with Crippen LogP contribution in [-0.4, -0.2) is 63.4 Å². The van der Waals surface area contributed by atoms with E-state index in [9.17, 15) is 13.2 Å². The molecule has 0 unspecified atom stereocenters. The summed E-state index contributed by atoms with van der Waals surface area (Å²) < 4.78 is 29.3. The molecule has 7 heteroatoms. The van der Waals surface area contributed by atoms with Crippen molar-refractivity contribution in [2.45, 2.75) is 49.5 Å². The minimum Gasteiger partial charge on any atom is -0.379 e. The average Bonchev–Trinajstić information content (AvgIpc) is 2.73. The van der Waals surface area contributed by atoms with Gasteiger partial charge in [0.25, 0.3) is 5.91 Å². The van der Waals surface area contributed by atoms with Crippen LogP contribution in [0.5, 0.6) is 0 Å². The Kier molecular flexibility index (Phi) is 6.55. The van der Waals surface area contributed by atoms with Gasteiger partial charge in [0.1, 0.15) is 0 Å². The monoisotopic (exact) mass is 394 g/mol. The number of nitrogens with one attached hydrogen (secondary N) is 1. The smallest absolute Gasteiger partial charge is 0.251 e. The lowest BCUT2D eigenvalue weighted by Gasteiger charge is -2.48. The van der Waals surface area contributed by atoms with Crippen LogP contribution in [0.15, 0.2) is 29.2 Å². The maximum absolute atomic E-state index is 12.6. The fraction of sp³-hybridized carbons (Fsp3) is 0.650. The first kappa shape index (κ1) is 20.3. The first-order valence-electron chi connectivity index (χ1n) is 9.91. The van der Waals surface area contributed by atoms with E-state index in [1.165, 1.54) is 31.4 Å². The SMILES string of the molecule is CCS(=O)(=O)c1ccc(C(=O)NCC2(N3CCOCC3)CCCCC2)cc1. The number of nitrogens with zero attached hydrogens (tertiary/aromatic N) is 1. The zero-order valence-electron chi connectivity index (χ0n) is 16.1. The molecule has 0 atom stereocenters. The van der Waals surface area contributed by atoms with Crippen molar-refractivity contribution < 1.29 is 17.9 Å². The van der Waals surface area contributed by atoms with Crippen molar-refractivity contribution in [3.05, 3.63) is 29.8 Å². The number of carbonyl (C=O) groups excluding carboxylic acids is 1. The van der Waals surface area contributed by atoms with Crippen LogP contribution in [0.3, 0.4) is 0 Å². The number of hydrogen-bond acceptors (Lipinski definition) is 5. The highest BCUT2D eigenvalue weighted by atomic mass is 32.2. The second-order valence-electron chi connectivity index (χ2n) is 7.49. The molecule has 6 nitrogen and oxygen atoms in total. The van der Waals surface area contributed by atoms with Gasteiger partial charge in [0.15, 0.2) is 9.84 Å². The Bertz CT molecular complexity index is 734. The van der Waals surface area contributed by atoms with E-state index in [0.717, 1.165) is 39.1 Å². The molecule has 0 bridgehead atoms. The van der Waals surface area contributed by atoms with Crippen molar-refractivity contribution in [1.29, 1.82) is 0 Å². The summed E-state index contributed by atoms with van der Waals surface area (Å²) in [7, 11) is -3.24. The molecule has 27 heavy (non-hydrogen) atoms. The predicted molar refractivity (Wildman–Crippen MR) is 105 cm³/mol. The summed E-state index contributed by atoms with van der Waals surface area (Å²) in [6.07, 6.45) is 5.84. The van der Waals surface area contributed by atoms with Crippen LogP contribution >= 0.6 is 0 Å². The molecule has 1 aliphatic carbocycles. The van der Waals surface area contributed by atoms with Crippen molar-refractivity contribution in [3.8, 4) is 0 Å². The summed E-state index contributed by atoms with van der Waals surface area (Å²) in [5, 5.41) is 3.11. The molecule has 1 saturated carbocycles. The second-order valence-corrected chi connectivity index (χ2v) is 9.77. The highest BCUT2D eigenvalue weighted by Gasteiger charge is 2.38. The van der Waals surface area contributed by atoms with Crippen molar-refractivity contribution in [2.24, 2.45) is 0 Å². The van der Waals surface area contributed by atoms with Crippen LogP contribution < -0.4 is 5.32 Å². The normalized spacial score (nSPS) is 20.9. The molecular weight excluding hydrogens is 364 g/mol. The summed E-state index contributed by atoms with van der Waals surface area (Å²) in [5.74, 6) is -0.0886. The van der Waals surface area contributed by atoms with Gasteiger partial charge in [-0.1, -0.05) is 26.2 Å². The van der Waals surface area contributed by atoms with Gasteiger partial charge in [0, 0.05) is 30.7 Å². The summed E-state index contributed by atoms with van der Waals surface area (Å²) >= 11 is 0. The fourth-order valence-electron chi connectivity index (χ4n) is 4.18. The number of hydrogen-bond donors (Lipinski definition) is 1. The van der Waals surface area contributed by atoms with Gasteiger partial charge >= 0.3 is 0 Å². The third-order valence-electron chi connectivity index (χ3n) is 5.90. The Morgan fingerprint density at radius 3 is 2.33 bits per heavy atom. The molecule has 1 aliphatic heterocycles. The van der Waals surface area contributed by atoms with Crippen LogP contribution in [-0.2, 0) is 14.6 Å². The van der Waals surface area contributed by atoms with E-state index in [-0.39, 0.29) is 22.1 Å². The van der Waals surface area contributed by atoms with Crippen LogP contribution in [0.4, 0.5) is 0 Å². The molecule has 0 spiro atoms. The molecule has 1 saturated heterocycles. The molecule has 0 radical (unpaired) electrons. The number of ether oxygens (including phenoxy) is 1. The van der Waals surface area contributed by atoms with E-state index in [0.29, 0.717) is 12.1 Å². The molecule has 0 aromatic heterocycles. The largest absolute Gasteiger partial charge is 0.379 e. The number of rotatable bonds is 6. The molecule has 1 amide bonds. The van der Waals surface area contributed by atoms with E-state index in [1.54, 1.807) is 19.1 Å². The molecule has 1 aromatic rings. The molecule has 3 rings (SSSR count). The quantitative estimate of drug-likeness (QED) is 0.801. The van der Waals surface area contributed by atoms with Crippen molar-refractivity contribution in [1.82, 2.24) is 10.2 Å². The van der Waals surface area contributed by atoms with E-state index in [4.69, 9.17) is 4.74 Å². The summed E-state index contributed by atoms with van der Waals surface area (Å²) in [6.45, 7) is 5.58.